The van der Waals surface area contributed by atoms with E-state index in [0.717, 1.165) is 32.7 Å². The summed E-state index contributed by atoms with van der Waals surface area (Å²) in [5.74, 6) is 0.696. The molecule has 0 aliphatic heterocycles. The van der Waals surface area contributed by atoms with E-state index in [1.165, 1.54) is 0 Å². The third-order valence-corrected chi connectivity index (χ3v) is 2.88. The minimum atomic E-state index is 0. The van der Waals surface area contributed by atoms with Crippen LogP contribution in [-0.4, -0.2) is 55.0 Å². The van der Waals surface area contributed by atoms with E-state index in [2.05, 4.69) is 32.6 Å². The molecule has 1 amide bonds. The predicted molar refractivity (Wildman–Crippen MR) is 80.1 cm³/mol. The van der Waals surface area contributed by atoms with Crippen molar-refractivity contribution in [1.29, 1.82) is 0 Å². The number of nitrogens with zero attached hydrogens (tertiary/aromatic N) is 2. The van der Waals surface area contributed by atoms with Gasteiger partial charge in [0.2, 0.25) is 5.91 Å². The van der Waals surface area contributed by atoms with Gasteiger partial charge in [0.25, 0.3) is 0 Å². The third kappa shape index (κ3) is 8.72. The molecule has 2 N–H and O–H groups in total. The Morgan fingerprint density at radius 1 is 1.17 bits per heavy atom. The van der Waals surface area contributed by atoms with Gasteiger partial charge in [-0.3, -0.25) is 4.79 Å². The maximum atomic E-state index is 11.9. The zero-order valence-corrected chi connectivity index (χ0v) is 13.1. The zero-order valence-electron chi connectivity index (χ0n) is 12.3. The van der Waals surface area contributed by atoms with Crippen LogP contribution in [0.5, 0.6) is 0 Å². The quantitative estimate of drug-likeness (QED) is 0.697. The lowest BCUT2D eigenvalue weighted by Gasteiger charge is -2.27. The van der Waals surface area contributed by atoms with Crippen LogP contribution < -0.4 is 5.73 Å². The molecule has 0 aromatic carbocycles. The first kappa shape index (κ1) is 20.0. The molecule has 0 aliphatic rings. The number of nitrogens with two attached hydrogens (primary N) is 1. The van der Waals surface area contributed by atoms with Crippen molar-refractivity contribution in [2.24, 2.45) is 11.7 Å². The summed E-state index contributed by atoms with van der Waals surface area (Å²) >= 11 is 0. The van der Waals surface area contributed by atoms with Crippen molar-refractivity contribution in [2.45, 2.75) is 34.1 Å². The van der Waals surface area contributed by atoms with Crippen LogP contribution in [0.2, 0.25) is 0 Å². The molecule has 0 bridgehead atoms. The Labute approximate surface area is 118 Å². The fourth-order valence-electron chi connectivity index (χ4n) is 1.84. The highest BCUT2D eigenvalue weighted by molar-refractivity contribution is 5.85. The number of hydrogen-bond acceptors (Lipinski definition) is 3. The molecule has 0 atom stereocenters. The second kappa shape index (κ2) is 11.8. The Morgan fingerprint density at radius 2 is 1.72 bits per heavy atom. The largest absolute Gasteiger partial charge is 0.341 e. The van der Waals surface area contributed by atoms with Crippen molar-refractivity contribution in [3.05, 3.63) is 0 Å². The maximum absolute atomic E-state index is 11.9. The summed E-state index contributed by atoms with van der Waals surface area (Å²) < 4.78 is 0. The first-order valence-corrected chi connectivity index (χ1v) is 6.75. The number of carbonyl (C=O) groups is 1. The third-order valence-electron chi connectivity index (χ3n) is 2.88. The summed E-state index contributed by atoms with van der Waals surface area (Å²) in [6.45, 7) is 13.7. The van der Waals surface area contributed by atoms with Gasteiger partial charge in [0.05, 0.1) is 0 Å². The van der Waals surface area contributed by atoms with Gasteiger partial charge in [0.1, 0.15) is 0 Å². The zero-order chi connectivity index (χ0) is 13.3. The molecule has 0 aromatic heterocycles. The van der Waals surface area contributed by atoms with Gasteiger partial charge in [-0.05, 0) is 19.0 Å². The molecule has 0 fully saturated rings. The number of amides is 1. The van der Waals surface area contributed by atoms with Crippen molar-refractivity contribution < 1.29 is 4.79 Å². The Balaban J connectivity index is 0. The van der Waals surface area contributed by atoms with Crippen molar-refractivity contribution in [1.82, 2.24) is 9.80 Å². The Bertz CT molecular complexity index is 208. The van der Waals surface area contributed by atoms with E-state index in [1.54, 1.807) is 0 Å². The summed E-state index contributed by atoms with van der Waals surface area (Å²) in [7, 11) is 0. The minimum absolute atomic E-state index is 0. The standard InChI is InChI=1S/C13H29N3O.ClH/c1-5-15(6-2)9-10-16(11-12(3)4)13(17)7-8-14;/h12H,5-11,14H2,1-4H3;1H. The van der Waals surface area contributed by atoms with Gasteiger partial charge in [-0.1, -0.05) is 27.7 Å². The first-order valence-electron chi connectivity index (χ1n) is 6.75. The van der Waals surface area contributed by atoms with E-state index in [-0.39, 0.29) is 18.3 Å². The maximum Gasteiger partial charge on any atom is 0.223 e. The van der Waals surface area contributed by atoms with Crippen LogP contribution in [0.4, 0.5) is 0 Å². The molecule has 18 heavy (non-hydrogen) atoms. The van der Waals surface area contributed by atoms with Crippen LogP contribution in [0.1, 0.15) is 34.1 Å². The molecule has 110 valence electrons. The van der Waals surface area contributed by atoms with Gasteiger partial charge in [-0.15, -0.1) is 12.4 Å². The summed E-state index contributed by atoms with van der Waals surface area (Å²) in [4.78, 5) is 16.2. The van der Waals surface area contributed by atoms with Crippen LogP contribution >= 0.6 is 12.4 Å². The van der Waals surface area contributed by atoms with Crippen LogP contribution in [0.25, 0.3) is 0 Å². The van der Waals surface area contributed by atoms with Crippen LogP contribution in [0.15, 0.2) is 0 Å². The number of rotatable bonds is 9. The van der Waals surface area contributed by atoms with Gasteiger partial charge >= 0.3 is 0 Å². The molecule has 4 nitrogen and oxygen atoms in total. The van der Waals surface area contributed by atoms with Crippen molar-refractivity contribution in [3.63, 3.8) is 0 Å². The van der Waals surface area contributed by atoms with E-state index in [1.807, 2.05) is 4.90 Å². The summed E-state index contributed by atoms with van der Waals surface area (Å²) in [6.07, 6.45) is 0.463. The number of carbonyl (C=O) groups excluding carboxylic acids is 1. The lowest BCUT2D eigenvalue weighted by molar-refractivity contribution is -0.131. The summed E-state index contributed by atoms with van der Waals surface area (Å²) in [6, 6.07) is 0. The number of hydrogen-bond donors (Lipinski definition) is 1. The first-order chi connectivity index (χ1) is 8.04. The minimum Gasteiger partial charge on any atom is -0.341 e. The topological polar surface area (TPSA) is 49.6 Å². The van der Waals surface area contributed by atoms with E-state index >= 15 is 0 Å². The smallest absolute Gasteiger partial charge is 0.223 e. The highest BCUT2D eigenvalue weighted by Crippen LogP contribution is 2.02. The van der Waals surface area contributed by atoms with Gasteiger partial charge in [0, 0.05) is 32.6 Å². The molecular weight excluding hydrogens is 250 g/mol. The van der Waals surface area contributed by atoms with Crippen molar-refractivity contribution in [3.8, 4) is 0 Å². The molecule has 5 heteroatoms. The average molecular weight is 280 g/mol. The monoisotopic (exact) mass is 279 g/mol. The molecule has 0 saturated heterocycles. The van der Waals surface area contributed by atoms with Crippen molar-refractivity contribution >= 4 is 18.3 Å². The van der Waals surface area contributed by atoms with E-state index < -0.39 is 0 Å². The van der Waals surface area contributed by atoms with Crippen LogP contribution in [0.3, 0.4) is 0 Å². The van der Waals surface area contributed by atoms with Crippen LogP contribution in [0, 0.1) is 5.92 Å². The molecule has 0 spiro atoms. The molecule has 0 heterocycles. The fraction of sp³-hybridized carbons (Fsp3) is 0.923. The molecule has 0 unspecified atom stereocenters. The Hall–Kier alpha value is -0.320. The van der Waals surface area contributed by atoms with E-state index in [0.29, 0.717) is 18.9 Å². The van der Waals surface area contributed by atoms with Gasteiger partial charge in [-0.2, -0.15) is 0 Å². The average Bonchev–Trinajstić information content (AvgIpc) is 2.28. The summed E-state index contributed by atoms with van der Waals surface area (Å²) in [5, 5.41) is 0. The predicted octanol–water partition coefficient (Wildman–Crippen LogP) is 1.58. The van der Waals surface area contributed by atoms with Gasteiger partial charge in [0.15, 0.2) is 0 Å². The summed E-state index contributed by atoms with van der Waals surface area (Å²) in [5.41, 5.74) is 5.45. The van der Waals surface area contributed by atoms with E-state index in [9.17, 15) is 4.79 Å². The molecule has 0 aliphatic carbocycles. The highest BCUT2D eigenvalue weighted by atomic mass is 35.5. The fourth-order valence-corrected chi connectivity index (χ4v) is 1.84. The SMILES string of the molecule is CCN(CC)CCN(CC(C)C)C(=O)CCN.Cl. The molecule has 0 rings (SSSR count). The van der Waals surface area contributed by atoms with Gasteiger partial charge < -0.3 is 15.5 Å². The Morgan fingerprint density at radius 3 is 2.11 bits per heavy atom. The number of likely N-dealkylation sites (N-methyl/N-ethyl adjacent to an activating group) is 1. The second-order valence-corrected chi connectivity index (χ2v) is 4.80. The molecule has 0 saturated carbocycles. The van der Waals surface area contributed by atoms with E-state index in [4.69, 9.17) is 5.73 Å². The van der Waals surface area contributed by atoms with Crippen molar-refractivity contribution in [2.75, 3.05) is 39.3 Å². The Kier molecular flexibility index (Phi) is 13.1. The normalized spacial score (nSPS) is 10.6. The number of halogens is 1. The van der Waals surface area contributed by atoms with Gasteiger partial charge in [-0.25, -0.2) is 0 Å². The second-order valence-electron chi connectivity index (χ2n) is 4.80. The lowest BCUT2D eigenvalue weighted by Crippen LogP contribution is -2.41. The van der Waals surface area contributed by atoms with Crippen LogP contribution in [-0.2, 0) is 4.79 Å². The molecule has 0 aromatic rings. The highest BCUT2D eigenvalue weighted by Gasteiger charge is 2.14. The lowest BCUT2D eigenvalue weighted by atomic mass is 10.2. The molecular formula is C13H30ClN3O. The molecule has 0 radical (unpaired) electrons.